The summed E-state index contributed by atoms with van der Waals surface area (Å²) < 4.78 is 37.0. The van der Waals surface area contributed by atoms with Crippen LogP contribution in [0.2, 0.25) is 10.0 Å². The third-order valence-corrected chi connectivity index (χ3v) is 4.04. The number of alkyl halides is 3. The second-order valence-electron chi connectivity index (χ2n) is 4.86. The van der Waals surface area contributed by atoms with E-state index >= 15 is 0 Å². The summed E-state index contributed by atoms with van der Waals surface area (Å²) in [6, 6.07) is 4.99. The summed E-state index contributed by atoms with van der Waals surface area (Å²) in [5.41, 5.74) is 0.880. The number of carbonyl (C=O) groups is 1. The maximum absolute atomic E-state index is 12.3. The SMILES string of the molecule is O=C(N1CCC(NCc2ccc(Cl)c(Cl)c2)C1)C(F)(F)F. The molecule has 1 atom stereocenters. The molecule has 1 N–H and O–H groups in total. The highest BCUT2D eigenvalue weighted by Gasteiger charge is 2.44. The van der Waals surface area contributed by atoms with E-state index in [4.69, 9.17) is 23.2 Å². The van der Waals surface area contributed by atoms with Crippen molar-refractivity contribution in [2.45, 2.75) is 25.2 Å². The van der Waals surface area contributed by atoms with E-state index in [1.54, 1.807) is 18.2 Å². The molecule has 21 heavy (non-hydrogen) atoms. The van der Waals surface area contributed by atoms with Crippen LogP contribution < -0.4 is 5.32 Å². The number of hydrogen-bond donors (Lipinski definition) is 1. The lowest BCUT2D eigenvalue weighted by atomic mass is 10.2. The molecule has 3 nitrogen and oxygen atoms in total. The highest BCUT2D eigenvalue weighted by molar-refractivity contribution is 6.42. The first-order chi connectivity index (χ1) is 9.77. The van der Waals surface area contributed by atoms with E-state index < -0.39 is 12.1 Å². The summed E-state index contributed by atoms with van der Waals surface area (Å²) >= 11 is 11.7. The van der Waals surface area contributed by atoms with Gasteiger partial charge in [0.25, 0.3) is 0 Å². The van der Waals surface area contributed by atoms with Gasteiger partial charge in [-0.15, -0.1) is 0 Å². The van der Waals surface area contributed by atoms with Crippen molar-refractivity contribution in [1.82, 2.24) is 10.2 Å². The second-order valence-corrected chi connectivity index (χ2v) is 5.68. The number of nitrogens with one attached hydrogen (secondary N) is 1. The van der Waals surface area contributed by atoms with Gasteiger partial charge >= 0.3 is 12.1 Å². The fourth-order valence-corrected chi connectivity index (χ4v) is 2.52. The normalized spacial score (nSPS) is 19.1. The molecule has 1 aliphatic heterocycles. The average molecular weight is 341 g/mol. The van der Waals surface area contributed by atoms with Crippen molar-refractivity contribution < 1.29 is 18.0 Å². The van der Waals surface area contributed by atoms with Crippen LogP contribution in [0.25, 0.3) is 0 Å². The Balaban J connectivity index is 1.86. The molecule has 0 bridgehead atoms. The average Bonchev–Trinajstić information content (AvgIpc) is 2.87. The van der Waals surface area contributed by atoms with Gasteiger partial charge in [-0.05, 0) is 24.1 Å². The van der Waals surface area contributed by atoms with Crippen LogP contribution in [0, 0.1) is 0 Å². The van der Waals surface area contributed by atoms with Crippen molar-refractivity contribution in [3.05, 3.63) is 33.8 Å². The molecule has 0 radical (unpaired) electrons. The third kappa shape index (κ3) is 4.25. The fraction of sp³-hybridized carbons (Fsp3) is 0.462. The van der Waals surface area contributed by atoms with E-state index in [1.807, 2.05) is 0 Å². The molecule has 1 amide bonds. The van der Waals surface area contributed by atoms with Crippen molar-refractivity contribution in [2.75, 3.05) is 13.1 Å². The summed E-state index contributed by atoms with van der Waals surface area (Å²) in [4.78, 5) is 11.9. The predicted molar refractivity (Wildman–Crippen MR) is 74.3 cm³/mol. The van der Waals surface area contributed by atoms with Crippen molar-refractivity contribution in [2.24, 2.45) is 0 Å². The second kappa shape index (κ2) is 6.42. The number of nitrogens with zero attached hydrogens (tertiary/aromatic N) is 1. The first kappa shape index (κ1) is 16.4. The minimum Gasteiger partial charge on any atom is -0.333 e. The summed E-state index contributed by atoms with van der Waals surface area (Å²) in [6.07, 6.45) is -4.32. The van der Waals surface area contributed by atoms with E-state index in [-0.39, 0.29) is 19.1 Å². The van der Waals surface area contributed by atoms with E-state index in [2.05, 4.69) is 5.32 Å². The summed E-state index contributed by atoms with van der Waals surface area (Å²) in [5, 5.41) is 3.99. The minimum absolute atomic E-state index is 0.0552. The van der Waals surface area contributed by atoms with E-state index in [9.17, 15) is 18.0 Å². The van der Waals surface area contributed by atoms with Crippen LogP contribution in [-0.4, -0.2) is 36.1 Å². The monoisotopic (exact) mass is 340 g/mol. The molecule has 1 saturated heterocycles. The van der Waals surface area contributed by atoms with E-state index in [0.29, 0.717) is 23.0 Å². The highest BCUT2D eigenvalue weighted by Crippen LogP contribution is 2.24. The molecule has 1 unspecified atom stereocenters. The zero-order valence-electron chi connectivity index (χ0n) is 10.9. The number of likely N-dealkylation sites (tertiary alicyclic amines) is 1. The van der Waals surface area contributed by atoms with Gasteiger partial charge in [-0.1, -0.05) is 29.3 Å². The molecule has 2 rings (SSSR count). The van der Waals surface area contributed by atoms with Gasteiger partial charge < -0.3 is 10.2 Å². The van der Waals surface area contributed by atoms with Crippen LogP contribution in [0.4, 0.5) is 13.2 Å². The van der Waals surface area contributed by atoms with Gasteiger partial charge in [0.2, 0.25) is 0 Å². The fourth-order valence-electron chi connectivity index (χ4n) is 2.20. The number of halogens is 5. The van der Waals surface area contributed by atoms with Gasteiger partial charge in [-0.25, -0.2) is 0 Å². The first-order valence-electron chi connectivity index (χ1n) is 6.31. The van der Waals surface area contributed by atoms with Crippen molar-refractivity contribution in [1.29, 1.82) is 0 Å². The number of amides is 1. The van der Waals surface area contributed by atoms with Crippen LogP contribution in [0.3, 0.4) is 0 Å². The number of hydrogen-bond acceptors (Lipinski definition) is 2. The van der Waals surface area contributed by atoms with Gasteiger partial charge in [-0.2, -0.15) is 13.2 Å². The molecule has 0 aliphatic carbocycles. The maximum Gasteiger partial charge on any atom is 0.471 e. The Kier molecular flexibility index (Phi) is 5.01. The topological polar surface area (TPSA) is 32.3 Å². The Morgan fingerprint density at radius 2 is 2.05 bits per heavy atom. The Morgan fingerprint density at radius 1 is 1.33 bits per heavy atom. The molecule has 1 fully saturated rings. The number of rotatable bonds is 3. The molecule has 0 spiro atoms. The molecule has 8 heteroatoms. The van der Waals surface area contributed by atoms with Crippen LogP contribution in [-0.2, 0) is 11.3 Å². The van der Waals surface area contributed by atoms with Gasteiger partial charge in [0, 0.05) is 25.7 Å². The third-order valence-electron chi connectivity index (χ3n) is 3.30. The molecule has 1 aromatic carbocycles. The molecule has 1 aromatic rings. The summed E-state index contributed by atoms with van der Waals surface area (Å²) in [5.74, 6) is -1.78. The maximum atomic E-state index is 12.3. The van der Waals surface area contributed by atoms with Gasteiger partial charge in [0.05, 0.1) is 10.0 Å². The van der Waals surface area contributed by atoms with Gasteiger partial charge in [0.1, 0.15) is 0 Å². The van der Waals surface area contributed by atoms with Crippen molar-refractivity contribution in [3.8, 4) is 0 Å². The lowest BCUT2D eigenvalue weighted by Crippen LogP contribution is -2.41. The Labute approximate surface area is 130 Å². The molecule has 1 heterocycles. The first-order valence-corrected chi connectivity index (χ1v) is 7.06. The molecule has 0 saturated carbocycles. The van der Waals surface area contributed by atoms with Crippen molar-refractivity contribution >= 4 is 29.1 Å². The van der Waals surface area contributed by atoms with Crippen molar-refractivity contribution in [3.63, 3.8) is 0 Å². The Bertz CT molecular complexity index is 537. The molecule has 116 valence electrons. The number of benzene rings is 1. The zero-order chi connectivity index (χ0) is 15.6. The Hall–Kier alpha value is -0.980. The standard InChI is InChI=1S/C13H13Cl2F3N2O/c14-10-2-1-8(5-11(10)15)6-19-9-3-4-20(7-9)12(21)13(16,17)18/h1-2,5,9,19H,3-4,6-7H2. The molecule has 1 aliphatic rings. The lowest BCUT2D eigenvalue weighted by Gasteiger charge is -2.18. The van der Waals surface area contributed by atoms with Gasteiger partial charge in [-0.3, -0.25) is 4.79 Å². The smallest absolute Gasteiger partial charge is 0.333 e. The molecular formula is C13H13Cl2F3N2O. The van der Waals surface area contributed by atoms with E-state index in [1.165, 1.54) is 0 Å². The minimum atomic E-state index is -4.81. The van der Waals surface area contributed by atoms with Crippen LogP contribution >= 0.6 is 23.2 Å². The highest BCUT2D eigenvalue weighted by atomic mass is 35.5. The summed E-state index contributed by atoms with van der Waals surface area (Å²) in [7, 11) is 0. The summed E-state index contributed by atoms with van der Waals surface area (Å²) in [6.45, 7) is 0.618. The quantitative estimate of drug-likeness (QED) is 0.916. The van der Waals surface area contributed by atoms with E-state index in [0.717, 1.165) is 10.5 Å². The largest absolute Gasteiger partial charge is 0.471 e. The van der Waals surface area contributed by atoms with Gasteiger partial charge in [0.15, 0.2) is 0 Å². The molecular weight excluding hydrogens is 328 g/mol. The van der Waals surface area contributed by atoms with Crippen LogP contribution in [0.1, 0.15) is 12.0 Å². The number of carbonyl (C=O) groups excluding carboxylic acids is 1. The van der Waals surface area contributed by atoms with Crippen LogP contribution in [0.5, 0.6) is 0 Å². The zero-order valence-corrected chi connectivity index (χ0v) is 12.4. The Morgan fingerprint density at radius 3 is 2.67 bits per heavy atom. The lowest BCUT2D eigenvalue weighted by molar-refractivity contribution is -0.184. The molecule has 0 aromatic heterocycles. The van der Waals surface area contributed by atoms with Crippen LogP contribution in [0.15, 0.2) is 18.2 Å². The predicted octanol–water partition coefficient (Wildman–Crippen LogP) is 3.25.